The smallest absolute Gasteiger partial charge is 0.419 e. The Hall–Kier alpha value is -1.99. The van der Waals surface area contributed by atoms with Crippen molar-refractivity contribution in [2.75, 3.05) is 11.5 Å². The van der Waals surface area contributed by atoms with Crippen molar-refractivity contribution < 1.29 is 23.1 Å². The summed E-state index contributed by atoms with van der Waals surface area (Å²) in [5.41, 5.74) is 7.08. The van der Waals surface area contributed by atoms with E-state index < -0.39 is 34.8 Å². The molecule has 1 aromatic heterocycles. The summed E-state index contributed by atoms with van der Waals surface area (Å²) < 4.78 is 36.8. The van der Waals surface area contributed by atoms with E-state index in [1.54, 1.807) is 0 Å². The van der Waals surface area contributed by atoms with Gasteiger partial charge in [-0.25, -0.2) is 9.78 Å². The molecule has 0 unspecified atom stereocenters. The highest BCUT2D eigenvalue weighted by molar-refractivity contribution is 5.99. The molecular weight excluding hydrogens is 215 g/mol. The average molecular weight is 221 g/mol. The minimum absolute atomic E-state index is 0.400. The minimum Gasteiger partial charge on any atom is -0.477 e. The van der Waals surface area contributed by atoms with Crippen LogP contribution in [-0.4, -0.2) is 16.1 Å². The highest BCUT2D eigenvalue weighted by atomic mass is 19.4. The number of hydrogen-bond acceptors (Lipinski definition) is 4. The van der Waals surface area contributed by atoms with E-state index in [2.05, 4.69) is 4.98 Å². The Labute approximate surface area is 81.5 Å². The quantitative estimate of drug-likeness (QED) is 0.655. The Kier molecular flexibility index (Phi) is 2.44. The first-order chi connectivity index (χ1) is 6.75. The van der Waals surface area contributed by atoms with Crippen LogP contribution in [0, 0.1) is 0 Å². The third-order valence-electron chi connectivity index (χ3n) is 1.67. The molecule has 0 bridgehead atoms. The molecule has 1 rings (SSSR count). The average Bonchev–Trinajstić information content (AvgIpc) is 2.00. The summed E-state index contributed by atoms with van der Waals surface area (Å²) in [6.07, 6.45) is -4.36. The first-order valence-electron chi connectivity index (χ1n) is 3.59. The van der Waals surface area contributed by atoms with E-state index in [-0.39, 0.29) is 0 Å². The number of carboxylic acid groups (broad SMARTS) is 1. The first kappa shape index (κ1) is 11.1. The Balaban J connectivity index is 3.49. The van der Waals surface area contributed by atoms with Crippen LogP contribution < -0.4 is 11.5 Å². The lowest BCUT2D eigenvalue weighted by Crippen LogP contribution is -2.16. The van der Waals surface area contributed by atoms with Gasteiger partial charge in [0.15, 0.2) is 0 Å². The van der Waals surface area contributed by atoms with Crippen LogP contribution >= 0.6 is 0 Å². The number of carbonyl (C=O) groups is 1. The lowest BCUT2D eigenvalue weighted by atomic mass is 10.1. The molecule has 5 N–H and O–H groups in total. The van der Waals surface area contributed by atoms with Gasteiger partial charge in [0.25, 0.3) is 0 Å². The first-order valence-corrected chi connectivity index (χ1v) is 3.59. The van der Waals surface area contributed by atoms with Crippen molar-refractivity contribution in [3.8, 4) is 0 Å². The fourth-order valence-corrected chi connectivity index (χ4v) is 0.991. The van der Waals surface area contributed by atoms with E-state index >= 15 is 0 Å². The van der Waals surface area contributed by atoms with Gasteiger partial charge in [-0.1, -0.05) is 0 Å². The molecule has 0 radical (unpaired) electrons. The Morgan fingerprint density at radius 1 is 1.40 bits per heavy atom. The molecule has 0 spiro atoms. The molecule has 0 saturated heterocycles. The molecule has 8 heteroatoms. The van der Waals surface area contributed by atoms with Gasteiger partial charge in [-0.15, -0.1) is 0 Å². The number of aromatic nitrogens is 1. The van der Waals surface area contributed by atoms with Crippen molar-refractivity contribution in [2.45, 2.75) is 6.18 Å². The highest BCUT2D eigenvalue weighted by Crippen LogP contribution is 2.35. The number of hydrogen-bond donors (Lipinski definition) is 3. The van der Waals surface area contributed by atoms with Crippen LogP contribution in [-0.2, 0) is 6.18 Å². The number of pyridine rings is 1. The van der Waals surface area contributed by atoms with Crippen molar-refractivity contribution in [1.82, 2.24) is 4.98 Å². The molecule has 0 aliphatic carbocycles. The number of anilines is 2. The Morgan fingerprint density at radius 3 is 2.33 bits per heavy atom. The molecule has 0 atom stereocenters. The number of nitrogens with two attached hydrogens (primary N) is 2. The summed E-state index contributed by atoms with van der Waals surface area (Å²) in [4.78, 5) is 13.7. The Bertz CT molecular complexity index is 417. The fourth-order valence-electron chi connectivity index (χ4n) is 0.991. The van der Waals surface area contributed by atoms with Gasteiger partial charge in [-0.2, -0.15) is 13.2 Å². The molecule has 0 saturated carbocycles. The molecule has 15 heavy (non-hydrogen) atoms. The number of aromatic carboxylic acids is 1. The molecule has 0 aliphatic heterocycles. The fraction of sp³-hybridized carbons (Fsp3) is 0.143. The van der Waals surface area contributed by atoms with Crippen LogP contribution in [0.4, 0.5) is 24.7 Å². The second kappa shape index (κ2) is 3.30. The number of alkyl halides is 3. The second-order valence-electron chi connectivity index (χ2n) is 2.65. The summed E-state index contributed by atoms with van der Waals surface area (Å²) in [5, 5.41) is 8.57. The van der Waals surface area contributed by atoms with Crippen LogP contribution in [0.25, 0.3) is 0 Å². The van der Waals surface area contributed by atoms with Crippen molar-refractivity contribution in [3.63, 3.8) is 0 Å². The monoisotopic (exact) mass is 221 g/mol. The van der Waals surface area contributed by atoms with Gasteiger partial charge in [0.2, 0.25) is 0 Å². The van der Waals surface area contributed by atoms with Gasteiger partial charge in [0.05, 0.1) is 11.3 Å². The van der Waals surface area contributed by atoms with E-state index in [1.807, 2.05) is 0 Å². The zero-order valence-corrected chi connectivity index (χ0v) is 7.17. The van der Waals surface area contributed by atoms with Crippen LogP contribution in [0.15, 0.2) is 6.20 Å². The zero-order valence-electron chi connectivity index (χ0n) is 7.17. The number of carboxylic acids is 1. The van der Waals surface area contributed by atoms with Crippen LogP contribution in [0.5, 0.6) is 0 Å². The second-order valence-corrected chi connectivity index (χ2v) is 2.65. The number of halogens is 3. The topological polar surface area (TPSA) is 102 Å². The summed E-state index contributed by atoms with van der Waals surface area (Å²) >= 11 is 0. The summed E-state index contributed by atoms with van der Waals surface area (Å²) in [7, 11) is 0. The lowest BCUT2D eigenvalue weighted by molar-refractivity contribution is -0.137. The molecule has 82 valence electrons. The molecule has 1 heterocycles. The van der Waals surface area contributed by atoms with E-state index in [0.717, 1.165) is 0 Å². The third kappa shape index (κ3) is 1.92. The van der Waals surface area contributed by atoms with Crippen molar-refractivity contribution in [1.29, 1.82) is 0 Å². The van der Waals surface area contributed by atoms with Crippen LogP contribution in [0.1, 0.15) is 15.9 Å². The predicted octanol–water partition coefficient (Wildman–Crippen LogP) is 0.963. The van der Waals surface area contributed by atoms with Gasteiger partial charge in [0, 0.05) is 6.20 Å². The van der Waals surface area contributed by atoms with E-state index in [0.29, 0.717) is 6.20 Å². The summed E-state index contributed by atoms with van der Waals surface area (Å²) in [6.45, 7) is 0. The van der Waals surface area contributed by atoms with E-state index in [1.165, 1.54) is 0 Å². The maximum atomic E-state index is 12.3. The van der Waals surface area contributed by atoms with Crippen molar-refractivity contribution >= 4 is 17.5 Å². The molecule has 0 aromatic carbocycles. The van der Waals surface area contributed by atoms with Gasteiger partial charge in [-0.3, -0.25) is 0 Å². The molecule has 0 aliphatic rings. The van der Waals surface area contributed by atoms with E-state index in [9.17, 15) is 18.0 Å². The number of rotatable bonds is 1. The zero-order chi connectivity index (χ0) is 11.8. The summed E-state index contributed by atoms with van der Waals surface area (Å²) in [6, 6.07) is 0. The minimum atomic E-state index is -4.75. The normalized spacial score (nSPS) is 11.4. The maximum Gasteiger partial charge on any atom is 0.419 e. The van der Waals surface area contributed by atoms with Gasteiger partial charge in [-0.05, 0) is 0 Å². The van der Waals surface area contributed by atoms with Crippen molar-refractivity contribution in [2.24, 2.45) is 0 Å². The van der Waals surface area contributed by atoms with Gasteiger partial charge in [0.1, 0.15) is 11.4 Å². The van der Waals surface area contributed by atoms with Crippen LogP contribution in [0.2, 0.25) is 0 Å². The lowest BCUT2D eigenvalue weighted by Gasteiger charge is -2.12. The van der Waals surface area contributed by atoms with E-state index in [4.69, 9.17) is 16.6 Å². The Morgan fingerprint density at radius 2 is 1.93 bits per heavy atom. The van der Waals surface area contributed by atoms with Crippen molar-refractivity contribution in [3.05, 3.63) is 17.3 Å². The predicted molar refractivity (Wildman–Crippen MR) is 45.0 cm³/mol. The third-order valence-corrected chi connectivity index (χ3v) is 1.67. The SMILES string of the molecule is Nc1ncc(C(F)(F)F)c(N)c1C(=O)O. The molecule has 0 amide bonds. The highest BCUT2D eigenvalue weighted by Gasteiger charge is 2.36. The van der Waals surface area contributed by atoms with Gasteiger partial charge >= 0.3 is 12.1 Å². The largest absolute Gasteiger partial charge is 0.477 e. The maximum absolute atomic E-state index is 12.3. The number of nitrogens with zero attached hydrogens (tertiary/aromatic N) is 1. The number of nitrogen functional groups attached to an aromatic ring is 2. The van der Waals surface area contributed by atoms with Gasteiger partial charge < -0.3 is 16.6 Å². The molecule has 5 nitrogen and oxygen atoms in total. The van der Waals surface area contributed by atoms with Crippen LogP contribution in [0.3, 0.4) is 0 Å². The molecule has 1 aromatic rings. The molecular formula is C7H6F3N3O2. The standard InChI is InChI=1S/C7H6F3N3O2/c8-7(9,10)2-1-13-5(12)3(4(2)11)6(14)15/h1H,(H,14,15)(H4,11,12,13). The summed E-state index contributed by atoms with van der Waals surface area (Å²) in [5.74, 6) is -2.20. The molecule has 0 fully saturated rings.